The number of rotatable bonds is 6. The highest BCUT2D eigenvalue weighted by atomic mass is 16.3. The highest BCUT2D eigenvalue weighted by Gasteiger charge is 2.22. The van der Waals surface area contributed by atoms with Crippen molar-refractivity contribution in [3.05, 3.63) is 0 Å². The Kier molecular flexibility index (Phi) is 6.61. The first kappa shape index (κ1) is 13.6. The molecule has 0 aromatic heterocycles. The van der Waals surface area contributed by atoms with E-state index in [0.29, 0.717) is 31.8 Å². The van der Waals surface area contributed by atoms with E-state index in [-0.39, 0.29) is 19.1 Å². The van der Waals surface area contributed by atoms with Gasteiger partial charge in [-0.05, 0) is 12.8 Å². The molecular weight excluding hydrogens is 206 g/mol. The van der Waals surface area contributed by atoms with E-state index in [2.05, 4.69) is 0 Å². The molecular formula is C12H23NO3. The molecule has 0 aliphatic heterocycles. The fourth-order valence-electron chi connectivity index (χ4n) is 2.31. The average molecular weight is 229 g/mol. The SMILES string of the molecule is O=C1CCCCCC1CN(CCO)CCO. The Bertz CT molecular complexity index is 202. The lowest BCUT2D eigenvalue weighted by Crippen LogP contribution is -2.36. The van der Waals surface area contributed by atoms with Crippen molar-refractivity contribution in [2.45, 2.75) is 32.1 Å². The molecule has 0 heterocycles. The molecule has 0 saturated heterocycles. The highest BCUT2D eigenvalue weighted by molar-refractivity contribution is 5.81. The second-order valence-electron chi connectivity index (χ2n) is 4.51. The highest BCUT2D eigenvalue weighted by Crippen LogP contribution is 2.20. The van der Waals surface area contributed by atoms with Gasteiger partial charge in [-0.3, -0.25) is 9.69 Å². The molecule has 2 N–H and O–H groups in total. The molecule has 94 valence electrons. The van der Waals surface area contributed by atoms with E-state index < -0.39 is 0 Å². The maximum Gasteiger partial charge on any atom is 0.137 e. The molecule has 1 aliphatic carbocycles. The van der Waals surface area contributed by atoms with Crippen LogP contribution < -0.4 is 0 Å². The van der Waals surface area contributed by atoms with Crippen LogP contribution in [0.3, 0.4) is 0 Å². The van der Waals surface area contributed by atoms with E-state index in [1.165, 1.54) is 0 Å². The van der Waals surface area contributed by atoms with Crippen LogP contribution in [0.2, 0.25) is 0 Å². The number of aliphatic hydroxyl groups is 2. The summed E-state index contributed by atoms with van der Waals surface area (Å²) in [5, 5.41) is 17.8. The smallest absolute Gasteiger partial charge is 0.137 e. The van der Waals surface area contributed by atoms with Crippen LogP contribution in [-0.4, -0.2) is 53.7 Å². The first-order valence-corrected chi connectivity index (χ1v) is 6.24. The van der Waals surface area contributed by atoms with E-state index in [4.69, 9.17) is 10.2 Å². The summed E-state index contributed by atoms with van der Waals surface area (Å²) in [5.74, 6) is 0.471. The quantitative estimate of drug-likeness (QED) is 0.648. The first-order chi connectivity index (χ1) is 7.77. The largest absolute Gasteiger partial charge is 0.395 e. The lowest BCUT2D eigenvalue weighted by atomic mass is 9.98. The van der Waals surface area contributed by atoms with Crippen LogP contribution in [0.5, 0.6) is 0 Å². The number of ketones is 1. The molecule has 16 heavy (non-hydrogen) atoms. The van der Waals surface area contributed by atoms with Crippen LogP contribution in [0.25, 0.3) is 0 Å². The standard InChI is InChI=1S/C12H23NO3/c14-8-6-13(7-9-15)10-11-4-2-1-3-5-12(11)16/h11,14-15H,1-10H2. The van der Waals surface area contributed by atoms with Crippen molar-refractivity contribution in [1.29, 1.82) is 0 Å². The van der Waals surface area contributed by atoms with Crippen molar-refractivity contribution >= 4 is 5.78 Å². The van der Waals surface area contributed by atoms with E-state index in [1.807, 2.05) is 4.90 Å². The van der Waals surface area contributed by atoms with Crippen LogP contribution in [0.4, 0.5) is 0 Å². The van der Waals surface area contributed by atoms with Crippen molar-refractivity contribution in [3.63, 3.8) is 0 Å². The lowest BCUT2D eigenvalue weighted by Gasteiger charge is -2.24. The van der Waals surface area contributed by atoms with Crippen LogP contribution in [0.1, 0.15) is 32.1 Å². The molecule has 4 nitrogen and oxygen atoms in total. The van der Waals surface area contributed by atoms with E-state index in [9.17, 15) is 4.79 Å². The Morgan fingerprint density at radius 3 is 2.44 bits per heavy atom. The zero-order chi connectivity index (χ0) is 11.8. The second kappa shape index (κ2) is 7.76. The number of carbonyl (C=O) groups is 1. The van der Waals surface area contributed by atoms with Gasteiger partial charge in [-0.15, -0.1) is 0 Å². The predicted octanol–water partition coefficient (Wildman–Crippen LogP) is 0.422. The van der Waals surface area contributed by atoms with Gasteiger partial charge in [0, 0.05) is 32.0 Å². The molecule has 0 spiro atoms. The predicted molar refractivity (Wildman–Crippen MR) is 62.2 cm³/mol. The van der Waals surface area contributed by atoms with Crippen molar-refractivity contribution in [2.75, 3.05) is 32.8 Å². The van der Waals surface area contributed by atoms with Crippen LogP contribution in [0.15, 0.2) is 0 Å². The molecule has 0 radical (unpaired) electrons. The number of carbonyl (C=O) groups excluding carboxylic acids is 1. The summed E-state index contributed by atoms with van der Waals surface area (Å²) in [7, 11) is 0. The van der Waals surface area contributed by atoms with Gasteiger partial charge in [0.2, 0.25) is 0 Å². The molecule has 1 atom stereocenters. The van der Waals surface area contributed by atoms with Gasteiger partial charge in [0.15, 0.2) is 0 Å². The number of nitrogens with zero attached hydrogens (tertiary/aromatic N) is 1. The van der Waals surface area contributed by atoms with Crippen molar-refractivity contribution in [1.82, 2.24) is 4.90 Å². The zero-order valence-electron chi connectivity index (χ0n) is 9.90. The van der Waals surface area contributed by atoms with Gasteiger partial charge in [-0.25, -0.2) is 0 Å². The number of hydrogen-bond acceptors (Lipinski definition) is 4. The van der Waals surface area contributed by atoms with E-state index in [0.717, 1.165) is 25.7 Å². The summed E-state index contributed by atoms with van der Waals surface area (Å²) in [6.07, 6.45) is 4.98. The third kappa shape index (κ3) is 4.60. The fourth-order valence-corrected chi connectivity index (χ4v) is 2.31. The Hall–Kier alpha value is -0.450. The minimum Gasteiger partial charge on any atom is -0.395 e. The molecule has 1 fully saturated rings. The van der Waals surface area contributed by atoms with Gasteiger partial charge in [0.25, 0.3) is 0 Å². The molecule has 0 aromatic carbocycles. The summed E-state index contributed by atoms with van der Waals surface area (Å²) >= 11 is 0. The zero-order valence-corrected chi connectivity index (χ0v) is 9.90. The summed E-state index contributed by atoms with van der Waals surface area (Å²) in [6, 6.07) is 0. The van der Waals surface area contributed by atoms with Crippen LogP contribution >= 0.6 is 0 Å². The summed E-state index contributed by atoms with van der Waals surface area (Å²) in [4.78, 5) is 13.8. The number of aliphatic hydroxyl groups excluding tert-OH is 2. The van der Waals surface area contributed by atoms with Gasteiger partial charge < -0.3 is 10.2 Å². The Morgan fingerprint density at radius 1 is 1.12 bits per heavy atom. The minimum absolute atomic E-state index is 0.0842. The summed E-state index contributed by atoms with van der Waals surface area (Å²) in [5.41, 5.74) is 0. The normalized spacial score (nSPS) is 22.4. The molecule has 1 unspecified atom stereocenters. The van der Waals surface area contributed by atoms with Crippen LogP contribution in [-0.2, 0) is 4.79 Å². The number of Topliss-reactive ketones (excluding diaryl/α,β-unsaturated/α-hetero) is 1. The summed E-state index contributed by atoms with van der Waals surface area (Å²) in [6.45, 7) is 1.95. The third-order valence-electron chi connectivity index (χ3n) is 3.24. The van der Waals surface area contributed by atoms with Crippen molar-refractivity contribution in [2.24, 2.45) is 5.92 Å². The maximum atomic E-state index is 11.8. The maximum absolute atomic E-state index is 11.8. The van der Waals surface area contributed by atoms with Gasteiger partial charge >= 0.3 is 0 Å². The Labute approximate surface area is 97.3 Å². The number of hydrogen-bond donors (Lipinski definition) is 2. The molecule has 1 rings (SSSR count). The molecule has 1 saturated carbocycles. The Morgan fingerprint density at radius 2 is 1.81 bits per heavy atom. The molecule has 1 aliphatic rings. The van der Waals surface area contributed by atoms with E-state index >= 15 is 0 Å². The monoisotopic (exact) mass is 229 g/mol. The second-order valence-corrected chi connectivity index (χ2v) is 4.51. The third-order valence-corrected chi connectivity index (χ3v) is 3.24. The Balaban J connectivity index is 2.43. The lowest BCUT2D eigenvalue weighted by molar-refractivity contribution is -0.123. The molecule has 0 amide bonds. The first-order valence-electron chi connectivity index (χ1n) is 6.24. The molecule has 4 heteroatoms. The fraction of sp³-hybridized carbons (Fsp3) is 0.917. The topological polar surface area (TPSA) is 60.8 Å². The van der Waals surface area contributed by atoms with Gasteiger partial charge in [0.1, 0.15) is 5.78 Å². The van der Waals surface area contributed by atoms with Crippen molar-refractivity contribution < 1.29 is 15.0 Å². The average Bonchev–Trinajstić information content (AvgIpc) is 2.45. The van der Waals surface area contributed by atoms with Gasteiger partial charge in [0.05, 0.1) is 13.2 Å². The molecule has 0 aromatic rings. The van der Waals surface area contributed by atoms with Gasteiger partial charge in [-0.2, -0.15) is 0 Å². The van der Waals surface area contributed by atoms with Gasteiger partial charge in [-0.1, -0.05) is 12.8 Å². The van der Waals surface area contributed by atoms with E-state index in [1.54, 1.807) is 0 Å². The van der Waals surface area contributed by atoms with Crippen LogP contribution in [0, 0.1) is 5.92 Å². The molecule has 0 bridgehead atoms. The summed E-state index contributed by atoms with van der Waals surface area (Å²) < 4.78 is 0. The van der Waals surface area contributed by atoms with Crippen molar-refractivity contribution in [3.8, 4) is 0 Å². The minimum atomic E-state index is 0.0842.